The highest BCUT2D eigenvalue weighted by atomic mass is 32.2. The van der Waals surface area contributed by atoms with Gasteiger partial charge < -0.3 is 42.0 Å². The van der Waals surface area contributed by atoms with Gasteiger partial charge >= 0.3 is 18.0 Å². The van der Waals surface area contributed by atoms with Gasteiger partial charge in [-0.1, -0.05) is 48.5 Å². The molecule has 0 fully saturated rings. The summed E-state index contributed by atoms with van der Waals surface area (Å²) in [5, 5.41) is 17.4. The highest BCUT2D eigenvalue weighted by Crippen LogP contribution is 2.44. The van der Waals surface area contributed by atoms with Gasteiger partial charge in [-0.3, -0.25) is 19.4 Å². The zero-order valence-corrected chi connectivity index (χ0v) is 29.7. The lowest BCUT2D eigenvalue weighted by Crippen LogP contribution is -2.56. The Bertz CT molecular complexity index is 1500. The average Bonchev–Trinajstić information content (AvgIpc) is 3.37. The van der Waals surface area contributed by atoms with Crippen LogP contribution in [-0.2, 0) is 28.7 Å². The molecule has 3 rings (SSSR count). The number of carbonyl (C=O) groups excluding carboxylic acids is 4. The molecule has 0 unspecified atom stereocenters. The topological polar surface area (TPSA) is 225 Å². The normalized spacial score (nSPS) is 13.8. The lowest BCUT2D eigenvalue weighted by molar-refractivity contribution is -0.155. The molecule has 1 aliphatic carbocycles. The summed E-state index contributed by atoms with van der Waals surface area (Å²) in [5.41, 5.74) is 14.1. The number of hydrogen-bond donors (Lipinski definition) is 6. The van der Waals surface area contributed by atoms with Crippen molar-refractivity contribution in [3.05, 3.63) is 59.7 Å². The smallest absolute Gasteiger partial charge is 0.407 e. The molecule has 1 aliphatic rings. The fourth-order valence-electron chi connectivity index (χ4n) is 5.52. The number of hydrogen-bond acceptors (Lipinski definition) is 9. The monoisotopic (exact) mass is 712 g/mol. The van der Waals surface area contributed by atoms with Crippen molar-refractivity contribution >= 4 is 47.6 Å². The second-order valence-electron chi connectivity index (χ2n) is 12.8. The Hall–Kier alpha value is -4.79. The van der Waals surface area contributed by atoms with Crippen molar-refractivity contribution in [3.63, 3.8) is 0 Å². The second kappa shape index (κ2) is 18.8. The van der Waals surface area contributed by atoms with Gasteiger partial charge in [-0.15, -0.1) is 0 Å². The third kappa shape index (κ3) is 12.3. The van der Waals surface area contributed by atoms with E-state index >= 15 is 0 Å². The fraction of sp³-hybridized carbons (Fsp3) is 0.486. The molecule has 14 nitrogen and oxygen atoms in total. The third-order valence-corrected chi connectivity index (χ3v) is 8.46. The van der Waals surface area contributed by atoms with E-state index in [1.165, 1.54) is 11.8 Å². The van der Waals surface area contributed by atoms with Gasteiger partial charge in [0, 0.05) is 18.9 Å². The molecule has 3 amide bonds. The highest BCUT2D eigenvalue weighted by molar-refractivity contribution is 7.98. The summed E-state index contributed by atoms with van der Waals surface area (Å²) in [6.07, 6.45) is 1.07. The highest BCUT2D eigenvalue weighted by Gasteiger charge is 2.32. The minimum absolute atomic E-state index is 0.00424. The number of carboxylic acids is 1. The van der Waals surface area contributed by atoms with Crippen LogP contribution in [0.3, 0.4) is 0 Å². The molecule has 2 aromatic carbocycles. The maximum absolute atomic E-state index is 13.6. The van der Waals surface area contributed by atoms with Gasteiger partial charge in [-0.2, -0.15) is 11.8 Å². The van der Waals surface area contributed by atoms with Crippen molar-refractivity contribution in [3.8, 4) is 11.1 Å². The maximum Gasteiger partial charge on any atom is 0.407 e. The summed E-state index contributed by atoms with van der Waals surface area (Å²) in [6, 6.07) is 12.1. The van der Waals surface area contributed by atoms with E-state index in [1.54, 1.807) is 20.8 Å². The van der Waals surface area contributed by atoms with E-state index in [4.69, 9.17) is 20.9 Å². The van der Waals surface area contributed by atoms with Gasteiger partial charge in [-0.05, 0) is 80.7 Å². The third-order valence-electron chi connectivity index (χ3n) is 7.81. The summed E-state index contributed by atoms with van der Waals surface area (Å²) in [7, 11) is 0. The molecule has 0 saturated carbocycles. The number of nitrogens with one attached hydrogen (secondary N) is 3. The molecule has 0 bridgehead atoms. The zero-order chi connectivity index (χ0) is 36.8. The van der Waals surface area contributed by atoms with Crippen LogP contribution in [0.25, 0.3) is 11.1 Å². The van der Waals surface area contributed by atoms with Gasteiger partial charge in [0.05, 0.1) is 0 Å². The summed E-state index contributed by atoms with van der Waals surface area (Å²) in [6.45, 7) is 5.28. The largest absolute Gasteiger partial charge is 0.480 e. The SMILES string of the molecule is CSCC[C@@H](NC(=O)OCC1c2ccccc2-c2ccccc21)C(=O)N[C@H](CCC(=O)OC(C)(C)C)C(=O)N[C@H](CCCN=C(N)N)C(=O)O. The lowest BCUT2D eigenvalue weighted by Gasteiger charge is -2.25. The molecule has 272 valence electrons. The Morgan fingerprint density at radius 3 is 1.96 bits per heavy atom. The minimum atomic E-state index is -1.32. The van der Waals surface area contributed by atoms with E-state index in [2.05, 4.69) is 20.9 Å². The Kier molecular flexibility index (Phi) is 14.9. The summed E-state index contributed by atoms with van der Waals surface area (Å²) < 4.78 is 11.0. The first kappa shape index (κ1) is 39.6. The lowest BCUT2D eigenvalue weighted by atomic mass is 9.98. The average molecular weight is 713 g/mol. The Labute approximate surface area is 296 Å². The van der Waals surface area contributed by atoms with Gasteiger partial charge in [0.1, 0.15) is 30.3 Å². The fourth-order valence-corrected chi connectivity index (χ4v) is 5.99. The van der Waals surface area contributed by atoms with E-state index in [1.807, 2.05) is 54.8 Å². The molecule has 15 heteroatoms. The van der Waals surface area contributed by atoms with Crippen molar-refractivity contribution < 1.29 is 38.6 Å². The van der Waals surface area contributed by atoms with Crippen LogP contribution < -0.4 is 27.4 Å². The molecule has 0 aromatic heterocycles. The summed E-state index contributed by atoms with van der Waals surface area (Å²) >= 11 is 1.46. The number of esters is 1. The van der Waals surface area contributed by atoms with Gasteiger partial charge in [0.25, 0.3) is 0 Å². The minimum Gasteiger partial charge on any atom is -0.480 e. The van der Waals surface area contributed by atoms with E-state index in [9.17, 15) is 29.1 Å². The molecule has 0 saturated heterocycles. The number of alkyl carbamates (subject to hydrolysis) is 1. The number of ether oxygens (including phenoxy) is 2. The Balaban J connectivity index is 1.71. The van der Waals surface area contributed by atoms with Crippen molar-refractivity contribution in [2.24, 2.45) is 16.5 Å². The van der Waals surface area contributed by atoms with Crippen LogP contribution in [0.15, 0.2) is 53.5 Å². The number of nitrogens with zero attached hydrogens (tertiary/aromatic N) is 1. The maximum atomic E-state index is 13.6. The summed E-state index contributed by atoms with van der Waals surface area (Å²) in [4.78, 5) is 68.4. The number of thioether (sulfide) groups is 1. The number of guanidine groups is 1. The predicted molar refractivity (Wildman–Crippen MR) is 191 cm³/mol. The number of carboxylic acid groups (broad SMARTS) is 1. The van der Waals surface area contributed by atoms with Crippen molar-refractivity contribution in [1.29, 1.82) is 0 Å². The van der Waals surface area contributed by atoms with Crippen molar-refractivity contribution in [1.82, 2.24) is 16.0 Å². The number of nitrogens with two attached hydrogens (primary N) is 2. The molecule has 0 aliphatic heterocycles. The van der Waals surface area contributed by atoms with Gasteiger partial charge in [0.15, 0.2) is 5.96 Å². The second-order valence-corrected chi connectivity index (χ2v) is 13.8. The Morgan fingerprint density at radius 2 is 1.42 bits per heavy atom. The molecule has 50 heavy (non-hydrogen) atoms. The molecule has 0 spiro atoms. The van der Waals surface area contributed by atoms with Crippen LogP contribution in [0, 0.1) is 0 Å². The molecule has 8 N–H and O–H groups in total. The van der Waals surface area contributed by atoms with Crippen molar-refractivity contribution in [2.45, 2.75) is 82.5 Å². The number of fused-ring (bicyclic) bond motifs is 3. The Morgan fingerprint density at radius 1 is 0.860 bits per heavy atom. The number of rotatable bonds is 18. The summed E-state index contributed by atoms with van der Waals surface area (Å²) in [5.74, 6) is -3.25. The van der Waals surface area contributed by atoms with E-state index in [0.717, 1.165) is 22.3 Å². The zero-order valence-electron chi connectivity index (χ0n) is 28.9. The van der Waals surface area contributed by atoms with Gasteiger partial charge in [0.2, 0.25) is 11.8 Å². The molecule has 3 atom stereocenters. The number of aliphatic carboxylic acids is 1. The first-order valence-electron chi connectivity index (χ1n) is 16.4. The molecular weight excluding hydrogens is 664 g/mol. The van der Waals surface area contributed by atoms with Gasteiger partial charge in [-0.25, -0.2) is 9.59 Å². The molecule has 0 radical (unpaired) electrons. The van der Waals surface area contributed by atoms with Crippen LogP contribution in [0.2, 0.25) is 0 Å². The number of carbonyl (C=O) groups is 5. The van der Waals surface area contributed by atoms with Crippen molar-refractivity contribution in [2.75, 3.05) is 25.2 Å². The molecule has 0 heterocycles. The van der Waals surface area contributed by atoms with E-state index in [0.29, 0.717) is 5.75 Å². The molecule has 2 aromatic rings. The quantitative estimate of drug-likeness (QED) is 0.0570. The number of aliphatic imine (C=N–C) groups is 1. The first-order valence-corrected chi connectivity index (χ1v) is 17.8. The van der Waals surface area contributed by atoms with E-state index < -0.39 is 53.6 Å². The number of benzene rings is 2. The van der Waals surface area contributed by atoms with E-state index in [-0.39, 0.29) is 57.1 Å². The first-order chi connectivity index (χ1) is 23.7. The van der Waals surface area contributed by atoms with Crippen LogP contribution >= 0.6 is 11.8 Å². The standard InChI is InChI=1S/C35H48N6O8S/c1-35(2,3)49-29(42)16-15-26(30(43)40-28(32(45)46)14-9-18-38-33(36)37)39-31(44)27(17-19-50-4)41-34(47)48-20-25-23-12-7-5-10-21(23)22-11-6-8-13-24(22)25/h5-8,10-13,25-28H,9,14-20H2,1-4H3,(H,39,44)(H,40,43)(H,41,47)(H,45,46)(H4,36,37,38)/t26-,27-,28-/m1/s1. The van der Waals surface area contributed by atoms with Crippen LogP contribution in [0.1, 0.15) is 69.9 Å². The van der Waals surface area contributed by atoms with Crippen LogP contribution in [-0.4, -0.2) is 89.8 Å². The van der Waals surface area contributed by atoms with Crippen LogP contribution in [0.5, 0.6) is 0 Å². The molecular formula is C35H48N6O8S. The number of amides is 3. The predicted octanol–water partition coefficient (Wildman–Crippen LogP) is 2.88. The van der Waals surface area contributed by atoms with Crippen LogP contribution in [0.4, 0.5) is 4.79 Å².